The van der Waals surface area contributed by atoms with Crippen LogP contribution in [-0.4, -0.2) is 11.1 Å². The van der Waals surface area contributed by atoms with Gasteiger partial charge in [0.1, 0.15) is 17.3 Å². The van der Waals surface area contributed by atoms with Crippen LogP contribution in [0.2, 0.25) is 0 Å². The Balaban J connectivity index is 1.68. The molecule has 1 atom stereocenters. The van der Waals surface area contributed by atoms with E-state index in [9.17, 15) is 4.79 Å². The van der Waals surface area contributed by atoms with Gasteiger partial charge in [-0.2, -0.15) is 0 Å². The topological polar surface area (TPSA) is 64.4 Å². The van der Waals surface area contributed by atoms with Crippen LogP contribution in [0.4, 0.5) is 5.69 Å². The molecule has 2 aromatic carbocycles. The third-order valence-corrected chi connectivity index (χ3v) is 4.03. The van der Waals surface area contributed by atoms with E-state index >= 15 is 0 Å². The third kappa shape index (κ3) is 2.76. The lowest BCUT2D eigenvalue weighted by Gasteiger charge is -2.24. The molecular weight excluding hydrogens is 304 g/mol. The Hall–Kier alpha value is -3.08. The Morgan fingerprint density at radius 2 is 1.96 bits per heavy atom. The van der Waals surface area contributed by atoms with Gasteiger partial charge in [-0.25, -0.2) is 0 Å². The average Bonchev–Trinajstić information content (AvgIpc) is 3.01. The largest absolute Gasteiger partial charge is 0.457 e. The van der Waals surface area contributed by atoms with E-state index in [1.165, 1.54) is 0 Å². The summed E-state index contributed by atoms with van der Waals surface area (Å²) in [5, 5.41) is 6.84. The summed E-state index contributed by atoms with van der Waals surface area (Å²) in [6, 6.07) is 17.1. The van der Waals surface area contributed by atoms with Crippen LogP contribution in [-0.2, 0) is 4.79 Å². The number of anilines is 1. The van der Waals surface area contributed by atoms with Gasteiger partial charge >= 0.3 is 0 Å². The van der Waals surface area contributed by atoms with Crippen molar-refractivity contribution in [3.8, 4) is 11.5 Å². The van der Waals surface area contributed by atoms with Crippen molar-refractivity contribution in [2.75, 3.05) is 5.32 Å². The van der Waals surface area contributed by atoms with E-state index in [1.807, 2.05) is 61.5 Å². The first kappa shape index (κ1) is 14.5. The van der Waals surface area contributed by atoms with E-state index in [0.717, 1.165) is 22.7 Å². The summed E-state index contributed by atoms with van der Waals surface area (Å²) in [6.07, 6.45) is 0.348. The van der Waals surface area contributed by atoms with Gasteiger partial charge in [0.05, 0.1) is 11.6 Å². The second-order valence-electron chi connectivity index (χ2n) is 5.84. The molecule has 3 aromatic rings. The minimum absolute atomic E-state index is 0.0431. The smallest absolute Gasteiger partial charge is 0.225 e. The van der Waals surface area contributed by atoms with Crippen molar-refractivity contribution >= 4 is 11.6 Å². The maximum absolute atomic E-state index is 12.1. The standard InChI is InChI=1S/C19H16N2O3/c1-12-9-18(24-21-12)16-11-19(22)20-17-10-14(7-8-15(16)17)23-13-5-3-2-4-6-13/h2-10,16H,11H2,1H3,(H,20,22)/t16-/m1/s1. The van der Waals surface area contributed by atoms with E-state index in [0.29, 0.717) is 17.9 Å². The predicted octanol–water partition coefficient (Wildman–Crippen LogP) is 4.25. The zero-order valence-corrected chi connectivity index (χ0v) is 13.2. The van der Waals surface area contributed by atoms with Crippen molar-refractivity contribution in [3.63, 3.8) is 0 Å². The molecule has 0 radical (unpaired) electrons. The van der Waals surface area contributed by atoms with Crippen molar-refractivity contribution in [1.82, 2.24) is 5.16 Å². The first-order valence-electron chi connectivity index (χ1n) is 7.79. The molecule has 0 saturated carbocycles. The summed E-state index contributed by atoms with van der Waals surface area (Å²) < 4.78 is 11.2. The molecule has 2 heterocycles. The minimum Gasteiger partial charge on any atom is -0.457 e. The molecule has 1 aliphatic heterocycles. The first-order chi connectivity index (χ1) is 11.7. The van der Waals surface area contributed by atoms with E-state index in [2.05, 4.69) is 10.5 Å². The summed E-state index contributed by atoms with van der Waals surface area (Å²) in [5.74, 6) is 1.97. The number of hydrogen-bond acceptors (Lipinski definition) is 4. The van der Waals surface area contributed by atoms with E-state index in [1.54, 1.807) is 0 Å². The summed E-state index contributed by atoms with van der Waals surface area (Å²) in [7, 11) is 0. The number of nitrogens with zero attached hydrogens (tertiary/aromatic N) is 1. The molecule has 0 fully saturated rings. The second-order valence-corrected chi connectivity index (χ2v) is 5.84. The Morgan fingerprint density at radius 3 is 2.71 bits per heavy atom. The predicted molar refractivity (Wildman–Crippen MR) is 89.3 cm³/mol. The molecule has 0 saturated heterocycles. The van der Waals surface area contributed by atoms with Gasteiger partial charge in [-0.05, 0) is 30.7 Å². The van der Waals surface area contributed by atoms with Crippen molar-refractivity contribution in [1.29, 1.82) is 0 Å². The molecule has 5 nitrogen and oxygen atoms in total. The number of para-hydroxylation sites is 1. The molecule has 120 valence electrons. The zero-order valence-electron chi connectivity index (χ0n) is 13.2. The van der Waals surface area contributed by atoms with Crippen LogP contribution in [0.25, 0.3) is 0 Å². The number of nitrogens with one attached hydrogen (secondary N) is 1. The summed E-state index contributed by atoms with van der Waals surface area (Å²) >= 11 is 0. The molecule has 5 heteroatoms. The number of fused-ring (bicyclic) bond motifs is 1. The van der Waals surface area contributed by atoms with Crippen molar-refractivity contribution < 1.29 is 14.1 Å². The molecule has 1 amide bonds. The number of carbonyl (C=O) groups is 1. The highest BCUT2D eigenvalue weighted by molar-refractivity contribution is 5.95. The highest BCUT2D eigenvalue weighted by Crippen LogP contribution is 2.39. The fourth-order valence-corrected chi connectivity index (χ4v) is 2.93. The number of aromatic nitrogens is 1. The molecule has 1 aliphatic rings. The molecule has 1 aromatic heterocycles. The van der Waals surface area contributed by atoms with Crippen molar-refractivity contribution in [2.24, 2.45) is 0 Å². The van der Waals surface area contributed by atoms with Crippen molar-refractivity contribution in [2.45, 2.75) is 19.3 Å². The second kappa shape index (κ2) is 5.85. The van der Waals surface area contributed by atoms with Crippen LogP contribution >= 0.6 is 0 Å². The lowest BCUT2D eigenvalue weighted by molar-refractivity contribution is -0.116. The Morgan fingerprint density at radius 1 is 1.12 bits per heavy atom. The molecule has 0 aliphatic carbocycles. The van der Waals surface area contributed by atoms with Crippen LogP contribution in [0, 0.1) is 6.92 Å². The summed E-state index contributed by atoms with van der Waals surface area (Å²) in [6.45, 7) is 1.87. The fourth-order valence-electron chi connectivity index (χ4n) is 2.93. The number of aryl methyl sites for hydroxylation is 1. The monoisotopic (exact) mass is 320 g/mol. The maximum Gasteiger partial charge on any atom is 0.225 e. The number of carbonyl (C=O) groups excluding carboxylic acids is 1. The highest BCUT2D eigenvalue weighted by atomic mass is 16.5. The Bertz CT molecular complexity index is 887. The lowest BCUT2D eigenvalue weighted by Crippen LogP contribution is -2.23. The van der Waals surface area contributed by atoms with Crippen LogP contribution < -0.4 is 10.1 Å². The quantitative estimate of drug-likeness (QED) is 0.783. The molecular formula is C19H16N2O3. The van der Waals surface area contributed by atoms with Crippen molar-refractivity contribution in [3.05, 3.63) is 71.6 Å². The van der Waals surface area contributed by atoms with Gasteiger partial charge in [0, 0.05) is 24.2 Å². The SMILES string of the molecule is Cc1cc([C@@H]2CC(=O)Nc3cc(Oc4ccccc4)ccc32)on1. The minimum atomic E-state index is -0.124. The fraction of sp³-hybridized carbons (Fsp3) is 0.158. The average molecular weight is 320 g/mol. The van der Waals surface area contributed by atoms with Gasteiger partial charge in [-0.15, -0.1) is 0 Å². The van der Waals surface area contributed by atoms with Crippen LogP contribution in [0.3, 0.4) is 0 Å². The van der Waals surface area contributed by atoms with Gasteiger partial charge in [-0.3, -0.25) is 4.79 Å². The van der Waals surface area contributed by atoms with E-state index < -0.39 is 0 Å². The normalized spacial score (nSPS) is 16.4. The molecule has 4 rings (SSSR count). The van der Waals surface area contributed by atoms with Gasteiger partial charge in [0.25, 0.3) is 0 Å². The first-order valence-corrected chi connectivity index (χ1v) is 7.79. The Labute approximate surface area is 139 Å². The Kier molecular flexibility index (Phi) is 3.54. The van der Waals surface area contributed by atoms with Crippen LogP contribution in [0.5, 0.6) is 11.5 Å². The van der Waals surface area contributed by atoms with Crippen LogP contribution in [0.1, 0.15) is 29.4 Å². The highest BCUT2D eigenvalue weighted by Gasteiger charge is 2.29. The van der Waals surface area contributed by atoms with E-state index in [4.69, 9.17) is 9.26 Å². The summed E-state index contributed by atoms with van der Waals surface area (Å²) in [5.41, 5.74) is 2.56. The molecule has 1 N–H and O–H groups in total. The number of rotatable bonds is 3. The molecule has 0 unspecified atom stereocenters. The maximum atomic E-state index is 12.1. The van der Waals surface area contributed by atoms with Gasteiger partial charge < -0.3 is 14.6 Å². The zero-order chi connectivity index (χ0) is 16.5. The number of hydrogen-bond donors (Lipinski definition) is 1. The summed E-state index contributed by atoms with van der Waals surface area (Å²) in [4.78, 5) is 12.1. The molecule has 0 spiro atoms. The number of amides is 1. The lowest BCUT2D eigenvalue weighted by atomic mass is 9.88. The number of benzene rings is 2. The third-order valence-electron chi connectivity index (χ3n) is 4.03. The van der Waals surface area contributed by atoms with Gasteiger partial charge in [0.2, 0.25) is 5.91 Å². The van der Waals surface area contributed by atoms with E-state index in [-0.39, 0.29) is 11.8 Å². The molecule has 0 bridgehead atoms. The van der Waals surface area contributed by atoms with Gasteiger partial charge in [0.15, 0.2) is 0 Å². The van der Waals surface area contributed by atoms with Crippen LogP contribution in [0.15, 0.2) is 59.1 Å². The number of ether oxygens (including phenoxy) is 1. The molecule has 24 heavy (non-hydrogen) atoms. The van der Waals surface area contributed by atoms with Gasteiger partial charge in [-0.1, -0.05) is 29.4 Å².